The lowest BCUT2D eigenvalue weighted by molar-refractivity contribution is -0.116. The van der Waals surface area contributed by atoms with Gasteiger partial charge in [0, 0.05) is 23.7 Å². The van der Waals surface area contributed by atoms with E-state index in [-0.39, 0.29) is 10.6 Å². The highest BCUT2D eigenvalue weighted by Gasteiger charge is 2.18. The van der Waals surface area contributed by atoms with Crippen LogP contribution < -0.4 is 5.84 Å². The number of carbonyl (C=O) groups excluding carboxylic acids is 1. The van der Waals surface area contributed by atoms with Gasteiger partial charge in [-0.05, 0) is 12.8 Å². The van der Waals surface area contributed by atoms with E-state index in [9.17, 15) is 4.79 Å². The van der Waals surface area contributed by atoms with Crippen molar-refractivity contribution >= 4 is 20.9 Å². The molecule has 0 unspecified atom stereocenters. The third-order valence-electron chi connectivity index (χ3n) is 1.93. The molecule has 0 aliphatic carbocycles. The molecule has 4 heteroatoms. The van der Waals surface area contributed by atoms with Crippen LogP contribution in [0.2, 0.25) is 0 Å². The number of nitrogens with zero attached hydrogens (tertiary/aromatic N) is 1. The SMILES string of the molecule is NN1CCC([C](=O)[Al])CC1. The van der Waals surface area contributed by atoms with Crippen LogP contribution in [-0.2, 0) is 4.79 Å². The zero-order chi connectivity index (χ0) is 7.56. The molecule has 54 valence electrons. The van der Waals surface area contributed by atoms with E-state index < -0.39 is 0 Å². The molecule has 1 heterocycles. The minimum absolute atomic E-state index is 0.230. The van der Waals surface area contributed by atoms with Crippen molar-refractivity contribution < 1.29 is 4.79 Å². The summed E-state index contributed by atoms with van der Waals surface area (Å²) in [5.41, 5.74) is 0. The minimum Gasteiger partial charge on any atom is -0.323 e. The average Bonchev–Trinajstić information content (AvgIpc) is 1.88. The lowest BCUT2D eigenvalue weighted by atomic mass is 9.99. The Bertz CT molecular complexity index is 132. The molecule has 1 fully saturated rings. The predicted octanol–water partition coefficient (Wildman–Crippen LogP) is -0.733. The van der Waals surface area contributed by atoms with Gasteiger partial charge in [-0.15, -0.1) is 0 Å². The molecule has 2 N–H and O–H groups in total. The van der Waals surface area contributed by atoms with Gasteiger partial charge in [0.1, 0.15) is 0 Å². The molecule has 0 aromatic carbocycles. The topological polar surface area (TPSA) is 46.3 Å². The molecule has 0 saturated carbocycles. The highest BCUT2D eigenvalue weighted by molar-refractivity contribution is 6.58. The van der Waals surface area contributed by atoms with Crippen molar-refractivity contribution in [1.29, 1.82) is 0 Å². The van der Waals surface area contributed by atoms with E-state index in [2.05, 4.69) is 16.3 Å². The van der Waals surface area contributed by atoms with Crippen LogP contribution in [-0.4, -0.2) is 39.0 Å². The van der Waals surface area contributed by atoms with E-state index in [4.69, 9.17) is 5.84 Å². The molecular weight excluding hydrogens is 143 g/mol. The maximum atomic E-state index is 10.8. The molecule has 10 heavy (non-hydrogen) atoms. The van der Waals surface area contributed by atoms with Crippen LogP contribution in [0.15, 0.2) is 0 Å². The summed E-state index contributed by atoms with van der Waals surface area (Å²) in [6, 6.07) is 0. The van der Waals surface area contributed by atoms with Gasteiger partial charge in [0.15, 0.2) is 0 Å². The Labute approximate surface area is 69.0 Å². The van der Waals surface area contributed by atoms with E-state index in [1.54, 1.807) is 5.01 Å². The third-order valence-corrected chi connectivity index (χ3v) is 2.40. The molecule has 1 rings (SSSR count). The summed E-state index contributed by atoms with van der Waals surface area (Å²) in [5.74, 6) is 5.75. The normalized spacial score (nSPS) is 22.9. The maximum absolute atomic E-state index is 10.8. The van der Waals surface area contributed by atoms with Gasteiger partial charge in [-0.25, -0.2) is 5.01 Å². The van der Waals surface area contributed by atoms with E-state index >= 15 is 0 Å². The molecule has 1 saturated heterocycles. The van der Waals surface area contributed by atoms with E-state index in [0.717, 1.165) is 25.9 Å². The number of rotatable bonds is 1. The molecule has 0 amide bonds. The summed E-state index contributed by atoms with van der Waals surface area (Å²) in [6.07, 6.45) is 1.83. The first-order valence-electron chi connectivity index (χ1n) is 3.49. The van der Waals surface area contributed by atoms with Gasteiger partial charge in [0.05, 0.1) is 0 Å². The summed E-state index contributed by atoms with van der Waals surface area (Å²) >= 11 is 2.24. The van der Waals surface area contributed by atoms with Crippen LogP contribution in [0.1, 0.15) is 12.8 Å². The summed E-state index contributed by atoms with van der Waals surface area (Å²) in [5, 5.41) is 1.77. The molecule has 0 aromatic rings. The first-order valence-corrected chi connectivity index (χ1v) is 4.07. The van der Waals surface area contributed by atoms with E-state index in [1.807, 2.05) is 0 Å². The fourth-order valence-electron chi connectivity index (χ4n) is 1.18. The van der Waals surface area contributed by atoms with Crippen molar-refractivity contribution in [3.8, 4) is 0 Å². The standard InChI is InChI=1S/C6H11N2O.Al/c7-8-3-1-6(5-9)2-4-8;/h6H,1-4,7H2;. The molecule has 0 spiro atoms. The molecule has 0 aromatic heterocycles. The molecular formula is C6H11AlN2O. The van der Waals surface area contributed by atoms with Gasteiger partial charge < -0.3 is 4.79 Å². The molecule has 0 bridgehead atoms. The molecule has 0 atom stereocenters. The lowest BCUT2D eigenvalue weighted by Gasteiger charge is -2.27. The summed E-state index contributed by atoms with van der Waals surface area (Å²) < 4.78 is 0.230. The number of hydrazine groups is 1. The Morgan fingerprint density at radius 1 is 1.50 bits per heavy atom. The summed E-state index contributed by atoms with van der Waals surface area (Å²) in [7, 11) is 0. The van der Waals surface area contributed by atoms with Crippen LogP contribution in [0.3, 0.4) is 0 Å². The van der Waals surface area contributed by atoms with Gasteiger partial charge in [0.2, 0.25) is 16.3 Å². The van der Waals surface area contributed by atoms with Gasteiger partial charge in [-0.2, -0.15) is 0 Å². The highest BCUT2D eigenvalue weighted by Crippen LogP contribution is 2.14. The van der Waals surface area contributed by atoms with Crippen LogP contribution in [0.5, 0.6) is 0 Å². The zero-order valence-electron chi connectivity index (χ0n) is 5.92. The van der Waals surface area contributed by atoms with Crippen molar-refractivity contribution in [2.24, 2.45) is 11.8 Å². The summed E-state index contributed by atoms with van der Waals surface area (Å²) in [6.45, 7) is 1.70. The number of hydrogen-bond donors (Lipinski definition) is 1. The zero-order valence-corrected chi connectivity index (χ0v) is 7.07. The summed E-state index contributed by atoms with van der Waals surface area (Å²) in [4.78, 5) is 10.8. The predicted molar refractivity (Wildman–Crippen MR) is 39.2 cm³/mol. The number of hydrogen-bond acceptors (Lipinski definition) is 3. The van der Waals surface area contributed by atoms with Crippen LogP contribution in [0, 0.1) is 5.92 Å². The second-order valence-corrected chi connectivity index (χ2v) is 3.28. The van der Waals surface area contributed by atoms with E-state index in [0.29, 0.717) is 0 Å². The Kier molecular flexibility index (Phi) is 2.87. The molecule has 3 nitrogen and oxygen atoms in total. The maximum Gasteiger partial charge on any atom is 0.242 e. The van der Waals surface area contributed by atoms with Crippen LogP contribution >= 0.6 is 0 Å². The van der Waals surface area contributed by atoms with Crippen LogP contribution in [0.4, 0.5) is 0 Å². The van der Waals surface area contributed by atoms with Crippen molar-refractivity contribution in [1.82, 2.24) is 5.01 Å². The fourth-order valence-corrected chi connectivity index (χ4v) is 1.52. The number of carbonyl (C=O) groups is 1. The van der Waals surface area contributed by atoms with E-state index in [1.165, 1.54) is 0 Å². The monoisotopic (exact) mass is 154 g/mol. The number of piperidine rings is 1. The Morgan fingerprint density at radius 3 is 2.40 bits per heavy atom. The Morgan fingerprint density at radius 2 is 2.00 bits per heavy atom. The minimum atomic E-state index is 0.230. The quantitative estimate of drug-likeness (QED) is 0.400. The Hall–Kier alpha value is 0.122. The Balaban J connectivity index is 2.33. The van der Waals surface area contributed by atoms with Crippen molar-refractivity contribution in [3.05, 3.63) is 0 Å². The van der Waals surface area contributed by atoms with Gasteiger partial charge in [-0.3, -0.25) is 5.84 Å². The van der Waals surface area contributed by atoms with Crippen molar-refractivity contribution in [2.45, 2.75) is 12.8 Å². The smallest absolute Gasteiger partial charge is 0.242 e. The van der Waals surface area contributed by atoms with Crippen molar-refractivity contribution in [3.63, 3.8) is 0 Å². The molecule has 1 aliphatic heterocycles. The van der Waals surface area contributed by atoms with Gasteiger partial charge >= 0.3 is 0 Å². The molecule has 1 aliphatic rings. The largest absolute Gasteiger partial charge is 0.323 e. The lowest BCUT2D eigenvalue weighted by Crippen LogP contribution is -2.40. The van der Waals surface area contributed by atoms with Gasteiger partial charge in [0.25, 0.3) is 0 Å². The average molecular weight is 154 g/mol. The first-order chi connectivity index (χ1) is 4.70. The first kappa shape index (κ1) is 8.22. The van der Waals surface area contributed by atoms with Crippen molar-refractivity contribution in [2.75, 3.05) is 13.1 Å². The second kappa shape index (κ2) is 3.50. The van der Waals surface area contributed by atoms with Crippen LogP contribution in [0.25, 0.3) is 0 Å². The molecule has 2 radical (unpaired) electrons. The highest BCUT2D eigenvalue weighted by atomic mass is 27.0. The number of nitrogens with two attached hydrogens (primary N) is 1. The fraction of sp³-hybridized carbons (Fsp3) is 0.833. The van der Waals surface area contributed by atoms with Gasteiger partial charge in [-0.1, -0.05) is 0 Å². The second-order valence-electron chi connectivity index (χ2n) is 2.71. The third kappa shape index (κ3) is 2.07.